The second-order valence-electron chi connectivity index (χ2n) is 4.76. The van der Waals surface area contributed by atoms with E-state index in [1.807, 2.05) is 48.5 Å². The summed E-state index contributed by atoms with van der Waals surface area (Å²) in [5, 5.41) is 2.85. The van der Waals surface area contributed by atoms with Crippen molar-refractivity contribution in [2.75, 3.05) is 5.32 Å². The van der Waals surface area contributed by atoms with Crippen molar-refractivity contribution in [2.45, 2.75) is 0 Å². The van der Waals surface area contributed by atoms with Gasteiger partial charge in [0.05, 0.1) is 11.3 Å². The number of nitrogens with zero attached hydrogens (tertiary/aromatic N) is 1. The van der Waals surface area contributed by atoms with Crippen LogP contribution in [0.4, 0.5) is 5.69 Å². The molecule has 2 aromatic carbocycles. The second kappa shape index (κ2) is 7.07. The molecule has 0 atom stereocenters. The summed E-state index contributed by atoms with van der Waals surface area (Å²) in [6, 6.07) is 18.4. The first-order chi connectivity index (χ1) is 11.2. The van der Waals surface area contributed by atoms with Gasteiger partial charge >= 0.3 is 0 Å². The molecule has 3 aromatic rings. The Morgan fingerprint density at radius 3 is 2.52 bits per heavy atom. The number of para-hydroxylation sites is 3. The van der Waals surface area contributed by atoms with Gasteiger partial charge in [-0.3, -0.25) is 9.78 Å². The molecule has 1 N–H and O–H groups in total. The van der Waals surface area contributed by atoms with Crippen LogP contribution in [0.25, 0.3) is 0 Å². The SMILES string of the molecule is O=C(Nc1ccccc1Oc1ccccc1)c1cncc(Br)c1. The minimum atomic E-state index is -0.247. The summed E-state index contributed by atoms with van der Waals surface area (Å²) < 4.78 is 6.58. The van der Waals surface area contributed by atoms with E-state index in [1.165, 1.54) is 6.20 Å². The fourth-order valence-corrected chi connectivity index (χ4v) is 2.37. The topological polar surface area (TPSA) is 51.2 Å². The standard InChI is InChI=1S/C18H13BrN2O2/c19-14-10-13(11-20-12-14)18(22)21-16-8-4-5-9-17(16)23-15-6-2-1-3-7-15/h1-12H,(H,21,22). The monoisotopic (exact) mass is 368 g/mol. The summed E-state index contributed by atoms with van der Waals surface area (Å²) >= 11 is 3.31. The molecule has 0 aliphatic carbocycles. The van der Waals surface area contributed by atoms with Gasteiger partial charge < -0.3 is 10.1 Å². The Hall–Kier alpha value is -2.66. The molecule has 114 valence electrons. The summed E-state index contributed by atoms with van der Waals surface area (Å²) in [5.41, 5.74) is 1.07. The number of halogens is 1. The maximum atomic E-state index is 12.3. The van der Waals surface area contributed by atoms with Crippen molar-refractivity contribution in [2.24, 2.45) is 0 Å². The average molecular weight is 369 g/mol. The highest BCUT2D eigenvalue weighted by atomic mass is 79.9. The highest BCUT2D eigenvalue weighted by Crippen LogP contribution is 2.29. The number of hydrogen-bond acceptors (Lipinski definition) is 3. The van der Waals surface area contributed by atoms with E-state index in [2.05, 4.69) is 26.2 Å². The zero-order valence-electron chi connectivity index (χ0n) is 12.1. The zero-order chi connectivity index (χ0) is 16.1. The number of nitrogens with one attached hydrogen (secondary N) is 1. The van der Waals surface area contributed by atoms with Gasteiger partial charge in [-0.2, -0.15) is 0 Å². The number of carbonyl (C=O) groups is 1. The lowest BCUT2D eigenvalue weighted by Gasteiger charge is -2.12. The van der Waals surface area contributed by atoms with E-state index in [0.29, 0.717) is 22.7 Å². The number of amides is 1. The molecule has 0 aliphatic rings. The van der Waals surface area contributed by atoms with Crippen molar-refractivity contribution >= 4 is 27.5 Å². The van der Waals surface area contributed by atoms with E-state index in [4.69, 9.17) is 4.74 Å². The average Bonchev–Trinajstić information content (AvgIpc) is 2.57. The molecule has 23 heavy (non-hydrogen) atoms. The lowest BCUT2D eigenvalue weighted by atomic mass is 10.2. The van der Waals surface area contributed by atoms with E-state index < -0.39 is 0 Å². The molecule has 0 spiro atoms. The Kier molecular flexibility index (Phi) is 4.68. The number of benzene rings is 2. The Bertz CT molecular complexity index is 822. The second-order valence-corrected chi connectivity index (χ2v) is 5.67. The van der Waals surface area contributed by atoms with Gasteiger partial charge in [0.25, 0.3) is 5.91 Å². The lowest BCUT2D eigenvalue weighted by Crippen LogP contribution is -2.12. The third-order valence-corrected chi connectivity index (χ3v) is 3.51. The molecule has 4 nitrogen and oxygen atoms in total. The molecule has 3 rings (SSSR count). The quantitative estimate of drug-likeness (QED) is 0.713. The predicted molar refractivity (Wildman–Crippen MR) is 92.8 cm³/mol. The molecule has 0 unspecified atom stereocenters. The van der Waals surface area contributed by atoms with Gasteiger partial charge in [0.1, 0.15) is 5.75 Å². The highest BCUT2D eigenvalue weighted by Gasteiger charge is 2.11. The van der Waals surface area contributed by atoms with Crippen LogP contribution in [0.1, 0.15) is 10.4 Å². The van der Waals surface area contributed by atoms with Crippen LogP contribution in [0.5, 0.6) is 11.5 Å². The van der Waals surface area contributed by atoms with Crippen LogP contribution in [0.3, 0.4) is 0 Å². The Morgan fingerprint density at radius 1 is 1.00 bits per heavy atom. The minimum Gasteiger partial charge on any atom is -0.455 e. The number of hydrogen-bond donors (Lipinski definition) is 1. The fourth-order valence-electron chi connectivity index (χ4n) is 2.00. The van der Waals surface area contributed by atoms with E-state index in [1.54, 1.807) is 18.3 Å². The Morgan fingerprint density at radius 2 is 1.74 bits per heavy atom. The molecule has 0 aliphatic heterocycles. The number of aromatic nitrogens is 1. The first kappa shape index (κ1) is 15.2. The summed E-state index contributed by atoms with van der Waals surface area (Å²) in [4.78, 5) is 16.3. The summed E-state index contributed by atoms with van der Waals surface area (Å²) in [7, 11) is 0. The summed E-state index contributed by atoms with van der Waals surface area (Å²) in [6.07, 6.45) is 3.14. The molecule has 0 fully saturated rings. The smallest absolute Gasteiger partial charge is 0.257 e. The summed E-state index contributed by atoms with van der Waals surface area (Å²) in [6.45, 7) is 0. The van der Waals surface area contributed by atoms with E-state index in [-0.39, 0.29) is 5.91 Å². The van der Waals surface area contributed by atoms with Crippen molar-refractivity contribution < 1.29 is 9.53 Å². The van der Waals surface area contributed by atoms with Crippen LogP contribution in [-0.4, -0.2) is 10.9 Å². The van der Waals surface area contributed by atoms with Crippen LogP contribution in [0.15, 0.2) is 77.5 Å². The van der Waals surface area contributed by atoms with Crippen LogP contribution in [0.2, 0.25) is 0 Å². The molecular weight excluding hydrogens is 356 g/mol. The van der Waals surface area contributed by atoms with Crippen molar-refractivity contribution in [3.8, 4) is 11.5 Å². The molecule has 0 saturated carbocycles. The largest absolute Gasteiger partial charge is 0.455 e. The number of anilines is 1. The first-order valence-electron chi connectivity index (χ1n) is 6.96. The molecule has 1 heterocycles. The minimum absolute atomic E-state index is 0.247. The number of rotatable bonds is 4. The van der Waals surface area contributed by atoms with Crippen LogP contribution in [0, 0.1) is 0 Å². The molecule has 5 heteroatoms. The fraction of sp³-hybridized carbons (Fsp3) is 0. The van der Waals surface area contributed by atoms with Gasteiger partial charge in [-0.05, 0) is 46.3 Å². The maximum Gasteiger partial charge on any atom is 0.257 e. The Balaban J connectivity index is 1.82. The number of pyridine rings is 1. The van der Waals surface area contributed by atoms with Crippen LogP contribution in [-0.2, 0) is 0 Å². The molecule has 0 saturated heterocycles. The van der Waals surface area contributed by atoms with E-state index in [9.17, 15) is 4.79 Å². The molecular formula is C18H13BrN2O2. The predicted octanol–water partition coefficient (Wildman–Crippen LogP) is 4.89. The normalized spacial score (nSPS) is 10.1. The lowest BCUT2D eigenvalue weighted by molar-refractivity contribution is 0.102. The first-order valence-corrected chi connectivity index (χ1v) is 7.75. The van der Waals surface area contributed by atoms with Crippen molar-refractivity contribution in [3.05, 3.63) is 83.1 Å². The molecule has 1 aromatic heterocycles. The zero-order valence-corrected chi connectivity index (χ0v) is 13.7. The molecule has 1 amide bonds. The summed E-state index contributed by atoms with van der Waals surface area (Å²) in [5.74, 6) is 1.04. The van der Waals surface area contributed by atoms with E-state index in [0.717, 1.165) is 4.47 Å². The maximum absolute atomic E-state index is 12.3. The third-order valence-electron chi connectivity index (χ3n) is 3.07. The van der Waals surface area contributed by atoms with Crippen molar-refractivity contribution in [1.82, 2.24) is 4.98 Å². The van der Waals surface area contributed by atoms with Crippen molar-refractivity contribution in [3.63, 3.8) is 0 Å². The number of ether oxygens (including phenoxy) is 1. The molecule has 0 bridgehead atoms. The van der Waals surface area contributed by atoms with Crippen LogP contribution >= 0.6 is 15.9 Å². The van der Waals surface area contributed by atoms with Gasteiger partial charge in [0.15, 0.2) is 5.75 Å². The van der Waals surface area contributed by atoms with Crippen LogP contribution < -0.4 is 10.1 Å². The third kappa shape index (κ3) is 3.96. The highest BCUT2D eigenvalue weighted by molar-refractivity contribution is 9.10. The van der Waals surface area contributed by atoms with Gasteiger partial charge in [0.2, 0.25) is 0 Å². The molecule has 0 radical (unpaired) electrons. The Labute approximate surface area is 142 Å². The number of carbonyl (C=O) groups excluding carboxylic acids is 1. The van der Waals surface area contributed by atoms with Gasteiger partial charge in [-0.25, -0.2) is 0 Å². The van der Waals surface area contributed by atoms with Gasteiger partial charge in [-0.15, -0.1) is 0 Å². The van der Waals surface area contributed by atoms with Crippen molar-refractivity contribution in [1.29, 1.82) is 0 Å². The van der Waals surface area contributed by atoms with Gasteiger partial charge in [-0.1, -0.05) is 30.3 Å². The van der Waals surface area contributed by atoms with Gasteiger partial charge in [0, 0.05) is 16.9 Å². The van der Waals surface area contributed by atoms with E-state index >= 15 is 0 Å².